The molecule has 2 aliphatic rings. The van der Waals surface area contributed by atoms with Gasteiger partial charge in [-0.05, 0) is 32.1 Å². The van der Waals surface area contributed by atoms with Crippen molar-refractivity contribution in [3.63, 3.8) is 0 Å². The Morgan fingerprint density at radius 1 is 1.36 bits per heavy atom. The molecule has 0 saturated carbocycles. The van der Waals surface area contributed by atoms with Crippen LogP contribution in [-0.2, 0) is 29.1 Å². The number of carbonyl (C=O) groups excluding carboxylic acids is 1. The van der Waals surface area contributed by atoms with Gasteiger partial charge in [0, 0.05) is 5.56 Å². The number of fused-ring (bicyclic) bond motifs is 1. The number of carbonyl (C=O) groups is 1. The molecule has 10 heteroatoms. The molecule has 0 aromatic carbocycles. The first-order valence-electron chi connectivity index (χ1n) is 8.41. The number of aromatic nitrogens is 4. The molecule has 3 heterocycles. The Morgan fingerprint density at radius 2 is 2.20 bits per heavy atom. The first-order valence-corrected chi connectivity index (χ1v) is 11.0. The molecule has 25 heavy (non-hydrogen) atoms. The zero-order chi connectivity index (χ0) is 17.6. The normalized spacial score (nSPS) is 21.4. The van der Waals surface area contributed by atoms with E-state index in [1.807, 2.05) is 6.92 Å². The van der Waals surface area contributed by atoms with Crippen molar-refractivity contribution in [2.75, 3.05) is 16.8 Å². The summed E-state index contributed by atoms with van der Waals surface area (Å²) in [5.41, 5.74) is 2.35. The van der Waals surface area contributed by atoms with Gasteiger partial charge in [-0.1, -0.05) is 18.3 Å². The lowest BCUT2D eigenvalue weighted by atomic mass is 10.1. The number of aryl methyl sites for hydroxylation is 2. The molecule has 1 fully saturated rings. The zero-order valence-electron chi connectivity index (χ0n) is 13.9. The number of hydrogen-bond donors (Lipinski definition) is 1. The molecule has 0 unspecified atom stereocenters. The maximum absolute atomic E-state index is 12.9. The van der Waals surface area contributed by atoms with Crippen molar-refractivity contribution in [2.45, 2.75) is 45.1 Å². The molecule has 2 aromatic heterocycles. The van der Waals surface area contributed by atoms with Gasteiger partial charge in [-0.2, -0.15) is 5.10 Å². The van der Waals surface area contributed by atoms with E-state index in [1.165, 1.54) is 11.3 Å². The fourth-order valence-electron chi connectivity index (χ4n) is 3.49. The number of amides is 1. The Labute approximate surface area is 149 Å². The molecule has 1 amide bonds. The van der Waals surface area contributed by atoms with Gasteiger partial charge < -0.3 is 0 Å². The molecule has 0 radical (unpaired) electrons. The maximum Gasteiger partial charge on any atom is 0.276 e. The van der Waals surface area contributed by atoms with E-state index in [9.17, 15) is 13.2 Å². The largest absolute Gasteiger partial charge is 0.295 e. The van der Waals surface area contributed by atoms with Crippen LogP contribution in [0.4, 0.5) is 5.13 Å². The van der Waals surface area contributed by atoms with Gasteiger partial charge in [0.2, 0.25) is 5.13 Å². The quantitative estimate of drug-likeness (QED) is 0.858. The number of rotatable bonds is 4. The summed E-state index contributed by atoms with van der Waals surface area (Å²) in [6.07, 6.45) is 3.87. The minimum absolute atomic E-state index is 0.0482. The van der Waals surface area contributed by atoms with E-state index in [4.69, 9.17) is 0 Å². The second kappa shape index (κ2) is 6.17. The molecule has 0 bridgehead atoms. The van der Waals surface area contributed by atoms with Crippen LogP contribution in [0.15, 0.2) is 0 Å². The summed E-state index contributed by atoms with van der Waals surface area (Å²) in [5, 5.41) is 16.7. The van der Waals surface area contributed by atoms with Crippen LogP contribution in [0.2, 0.25) is 0 Å². The Hall–Kier alpha value is -1.81. The third kappa shape index (κ3) is 3.08. The van der Waals surface area contributed by atoms with Gasteiger partial charge >= 0.3 is 0 Å². The molecule has 1 saturated heterocycles. The fraction of sp³-hybridized carbons (Fsp3) is 0.600. The molecular weight excluding hydrogens is 362 g/mol. The highest BCUT2D eigenvalue weighted by Gasteiger charge is 2.35. The van der Waals surface area contributed by atoms with Crippen molar-refractivity contribution >= 4 is 32.2 Å². The van der Waals surface area contributed by atoms with Crippen molar-refractivity contribution in [3.05, 3.63) is 22.0 Å². The van der Waals surface area contributed by atoms with Crippen LogP contribution in [0.1, 0.15) is 52.6 Å². The first-order chi connectivity index (χ1) is 12.0. The SMILES string of the molecule is CCc1nnc(NC(=O)c2c3c(nn2[C@H]2CCS(=O)(=O)C2)CCC3)s1. The van der Waals surface area contributed by atoms with E-state index < -0.39 is 9.84 Å². The number of anilines is 1. The fourth-order valence-corrected chi connectivity index (χ4v) is 5.85. The van der Waals surface area contributed by atoms with E-state index in [0.29, 0.717) is 17.2 Å². The van der Waals surface area contributed by atoms with Gasteiger partial charge in [-0.15, -0.1) is 10.2 Å². The van der Waals surface area contributed by atoms with Crippen molar-refractivity contribution < 1.29 is 13.2 Å². The number of nitrogens with one attached hydrogen (secondary N) is 1. The van der Waals surface area contributed by atoms with Crippen molar-refractivity contribution in [2.24, 2.45) is 0 Å². The predicted molar refractivity (Wildman–Crippen MR) is 93.8 cm³/mol. The van der Waals surface area contributed by atoms with Gasteiger partial charge in [-0.3, -0.25) is 14.8 Å². The molecule has 1 aliphatic heterocycles. The molecular formula is C15H19N5O3S2. The highest BCUT2D eigenvalue weighted by molar-refractivity contribution is 7.91. The van der Waals surface area contributed by atoms with Crippen LogP contribution in [-0.4, -0.2) is 45.8 Å². The van der Waals surface area contributed by atoms with E-state index in [2.05, 4.69) is 20.6 Å². The number of nitrogens with zero attached hydrogens (tertiary/aromatic N) is 4. The third-order valence-corrected chi connectivity index (χ3v) is 7.42. The average Bonchev–Trinajstić information content (AvgIpc) is 3.29. The van der Waals surface area contributed by atoms with Crippen molar-refractivity contribution in [1.82, 2.24) is 20.0 Å². The summed E-state index contributed by atoms with van der Waals surface area (Å²) in [6.45, 7) is 1.98. The van der Waals surface area contributed by atoms with Crippen LogP contribution in [0.5, 0.6) is 0 Å². The average molecular weight is 381 g/mol. The molecule has 1 atom stereocenters. The number of sulfone groups is 1. The minimum atomic E-state index is -3.05. The highest BCUT2D eigenvalue weighted by Crippen LogP contribution is 2.31. The van der Waals surface area contributed by atoms with Crippen molar-refractivity contribution in [3.8, 4) is 0 Å². The van der Waals surface area contributed by atoms with Crippen LogP contribution < -0.4 is 5.32 Å². The topological polar surface area (TPSA) is 107 Å². The standard InChI is InChI=1S/C15H19N5O3S2/c1-2-12-17-18-15(24-12)16-14(21)13-10-4-3-5-11(10)19-20(13)9-6-7-25(22,23)8-9/h9H,2-8H2,1H3,(H,16,18,21)/t9-/m0/s1. The highest BCUT2D eigenvalue weighted by atomic mass is 32.2. The van der Waals surface area contributed by atoms with Crippen molar-refractivity contribution in [1.29, 1.82) is 0 Å². The summed E-state index contributed by atoms with van der Waals surface area (Å²) >= 11 is 1.35. The van der Waals surface area contributed by atoms with E-state index in [1.54, 1.807) is 4.68 Å². The minimum Gasteiger partial charge on any atom is -0.295 e. The number of hydrogen-bond acceptors (Lipinski definition) is 7. The Morgan fingerprint density at radius 3 is 2.88 bits per heavy atom. The lowest BCUT2D eigenvalue weighted by molar-refractivity contribution is 0.101. The summed E-state index contributed by atoms with van der Waals surface area (Å²) in [4.78, 5) is 12.9. The van der Waals surface area contributed by atoms with Crippen LogP contribution >= 0.6 is 11.3 Å². The third-order valence-electron chi connectivity index (χ3n) is 4.69. The molecule has 1 aliphatic carbocycles. The monoisotopic (exact) mass is 381 g/mol. The van der Waals surface area contributed by atoms with E-state index in [0.717, 1.165) is 41.9 Å². The molecule has 1 N–H and O–H groups in total. The zero-order valence-corrected chi connectivity index (χ0v) is 15.5. The molecule has 134 valence electrons. The Bertz CT molecular complexity index is 931. The summed E-state index contributed by atoms with van der Waals surface area (Å²) < 4.78 is 25.3. The van der Waals surface area contributed by atoms with Gasteiger partial charge in [0.1, 0.15) is 10.7 Å². The predicted octanol–water partition coefficient (Wildman–Crippen LogP) is 1.40. The van der Waals surface area contributed by atoms with Crippen LogP contribution in [0, 0.1) is 0 Å². The second-order valence-corrected chi connectivity index (χ2v) is 9.73. The molecule has 0 spiro atoms. The maximum atomic E-state index is 12.9. The second-order valence-electron chi connectivity index (χ2n) is 6.44. The van der Waals surface area contributed by atoms with Gasteiger partial charge in [0.15, 0.2) is 9.84 Å². The lowest BCUT2D eigenvalue weighted by Gasteiger charge is -2.13. The molecule has 8 nitrogen and oxygen atoms in total. The van der Waals surface area contributed by atoms with Gasteiger partial charge in [0.25, 0.3) is 5.91 Å². The Balaban J connectivity index is 1.67. The summed E-state index contributed by atoms with van der Waals surface area (Å²) in [5.74, 6) is -0.0784. The first kappa shape index (κ1) is 16.6. The Kier molecular flexibility index (Phi) is 4.11. The van der Waals surface area contributed by atoms with Gasteiger partial charge in [-0.25, -0.2) is 8.42 Å². The van der Waals surface area contributed by atoms with Crippen LogP contribution in [0.25, 0.3) is 0 Å². The smallest absolute Gasteiger partial charge is 0.276 e. The summed E-state index contributed by atoms with van der Waals surface area (Å²) in [6, 6.07) is -0.267. The molecule has 4 rings (SSSR count). The van der Waals surface area contributed by atoms with E-state index >= 15 is 0 Å². The molecule has 2 aromatic rings. The summed E-state index contributed by atoms with van der Waals surface area (Å²) in [7, 11) is -3.05. The van der Waals surface area contributed by atoms with Crippen LogP contribution in [0.3, 0.4) is 0 Å². The van der Waals surface area contributed by atoms with Gasteiger partial charge in [0.05, 0.1) is 23.2 Å². The lowest BCUT2D eigenvalue weighted by Crippen LogP contribution is -2.23. The van der Waals surface area contributed by atoms with E-state index in [-0.39, 0.29) is 23.5 Å².